The fraction of sp³-hybridized carbons (Fsp3) is 0.571. The molecule has 0 aromatic heterocycles. The molecular formula is C14H23NO. The summed E-state index contributed by atoms with van der Waals surface area (Å²) in [4.78, 5) is 0. The van der Waals surface area contributed by atoms with Crippen LogP contribution < -0.4 is 5.32 Å². The van der Waals surface area contributed by atoms with Crippen molar-refractivity contribution in [3.05, 3.63) is 29.8 Å². The predicted octanol–water partition coefficient (Wildman–Crippen LogP) is 3.47. The van der Waals surface area contributed by atoms with E-state index in [1.54, 1.807) is 0 Å². The van der Waals surface area contributed by atoms with Crippen LogP contribution in [0.1, 0.15) is 26.3 Å². The number of rotatable bonds is 6. The van der Waals surface area contributed by atoms with E-state index < -0.39 is 0 Å². The van der Waals surface area contributed by atoms with Crippen LogP contribution in [0.3, 0.4) is 0 Å². The summed E-state index contributed by atoms with van der Waals surface area (Å²) in [6, 6.07) is 8.39. The molecule has 0 aliphatic heterocycles. The summed E-state index contributed by atoms with van der Waals surface area (Å²) in [5.41, 5.74) is 2.45. The second-order valence-electron chi connectivity index (χ2n) is 4.62. The highest BCUT2D eigenvalue weighted by Gasteiger charge is 2.05. The Balaban J connectivity index is 2.21. The number of aryl methyl sites for hydroxylation is 1. The van der Waals surface area contributed by atoms with Crippen molar-refractivity contribution in [2.45, 2.75) is 33.8 Å². The summed E-state index contributed by atoms with van der Waals surface area (Å²) in [7, 11) is 0. The molecule has 0 aliphatic rings. The lowest BCUT2D eigenvalue weighted by molar-refractivity contribution is 0.0421. The third-order valence-electron chi connectivity index (χ3n) is 2.77. The summed E-state index contributed by atoms with van der Waals surface area (Å²) in [6.45, 7) is 10.2. The number of ether oxygens (including phenoxy) is 1. The van der Waals surface area contributed by atoms with Gasteiger partial charge in [-0.15, -0.1) is 0 Å². The van der Waals surface area contributed by atoms with Crippen LogP contribution in [0.25, 0.3) is 0 Å². The maximum absolute atomic E-state index is 5.69. The second-order valence-corrected chi connectivity index (χ2v) is 4.62. The van der Waals surface area contributed by atoms with Gasteiger partial charge in [-0.05, 0) is 37.5 Å². The molecular weight excluding hydrogens is 198 g/mol. The standard InChI is InChI=1S/C14H23NO/c1-11(2)13(4)16-9-8-15-14-7-5-6-12(3)10-14/h5-7,10-11,13,15H,8-9H2,1-4H3. The zero-order chi connectivity index (χ0) is 12.0. The van der Waals surface area contributed by atoms with E-state index in [1.165, 1.54) is 11.3 Å². The molecule has 0 aliphatic carbocycles. The quantitative estimate of drug-likeness (QED) is 0.743. The van der Waals surface area contributed by atoms with E-state index in [2.05, 4.69) is 57.3 Å². The van der Waals surface area contributed by atoms with Crippen molar-refractivity contribution in [1.29, 1.82) is 0 Å². The molecule has 1 unspecified atom stereocenters. The minimum absolute atomic E-state index is 0.333. The SMILES string of the molecule is Cc1cccc(NCCOC(C)C(C)C)c1. The lowest BCUT2D eigenvalue weighted by Gasteiger charge is -2.17. The molecule has 1 aromatic carbocycles. The summed E-state index contributed by atoms with van der Waals surface area (Å²) >= 11 is 0. The Hall–Kier alpha value is -1.02. The van der Waals surface area contributed by atoms with E-state index >= 15 is 0 Å². The maximum atomic E-state index is 5.69. The molecule has 0 spiro atoms. The molecule has 16 heavy (non-hydrogen) atoms. The van der Waals surface area contributed by atoms with Crippen molar-refractivity contribution in [2.75, 3.05) is 18.5 Å². The highest BCUT2D eigenvalue weighted by atomic mass is 16.5. The summed E-state index contributed by atoms with van der Waals surface area (Å²) in [6.07, 6.45) is 0.333. The van der Waals surface area contributed by atoms with Crippen LogP contribution in [0.15, 0.2) is 24.3 Å². The van der Waals surface area contributed by atoms with Gasteiger partial charge >= 0.3 is 0 Å². The molecule has 2 heteroatoms. The summed E-state index contributed by atoms with van der Waals surface area (Å²) in [5, 5.41) is 3.35. The van der Waals surface area contributed by atoms with E-state index in [9.17, 15) is 0 Å². The first-order valence-corrected chi connectivity index (χ1v) is 6.01. The molecule has 0 fully saturated rings. The smallest absolute Gasteiger partial charge is 0.0642 e. The zero-order valence-corrected chi connectivity index (χ0v) is 10.8. The van der Waals surface area contributed by atoms with Crippen molar-refractivity contribution >= 4 is 5.69 Å². The van der Waals surface area contributed by atoms with Crippen LogP contribution in [0.5, 0.6) is 0 Å². The van der Waals surface area contributed by atoms with E-state index in [4.69, 9.17) is 4.74 Å². The number of benzene rings is 1. The van der Waals surface area contributed by atoms with E-state index in [0.29, 0.717) is 12.0 Å². The summed E-state index contributed by atoms with van der Waals surface area (Å²) in [5.74, 6) is 0.582. The Morgan fingerprint density at radius 1 is 1.25 bits per heavy atom. The van der Waals surface area contributed by atoms with Crippen LogP contribution in [0.4, 0.5) is 5.69 Å². The van der Waals surface area contributed by atoms with Gasteiger partial charge in [0.15, 0.2) is 0 Å². The predicted molar refractivity (Wildman–Crippen MR) is 69.9 cm³/mol. The first kappa shape index (κ1) is 13.0. The molecule has 0 radical (unpaired) electrons. The van der Waals surface area contributed by atoms with Crippen molar-refractivity contribution in [1.82, 2.24) is 0 Å². The maximum Gasteiger partial charge on any atom is 0.0642 e. The third kappa shape index (κ3) is 4.67. The lowest BCUT2D eigenvalue weighted by atomic mass is 10.1. The van der Waals surface area contributed by atoms with Crippen molar-refractivity contribution in [2.24, 2.45) is 5.92 Å². The summed E-state index contributed by atoms with van der Waals surface area (Å²) < 4.78 is 5.69. The Morgan fingerprint density at radius 3 is 2.62 bits per heavy atom. The largest absolute Gasteiger partial charge is 0.383 e. The van der Waals surface area contributed by atoms with Gasteiger partial charge in [0.2, 0.25) is 0 Å². The average Bonchev–Trinajstić information content (AvgIpc) is 2.24. The molecule has 1 N–H and O–H groups in total. The molecule has 0 saturated carbocycles. The Morgan fingerprint density at radius 2 is 2.00 bits per heavy atom. The fourth-order valence-electron chi connectivity index (χ4n) is 1.39. The number of hydrogen-bond donors (Lipinski definition) is 1. The van der Waals surface area contributed by atoms with E-state index in [-0.39, 0.29) is 0 Å². The Kier molecular flexibility index (Phi) is 5.33. The topological polar surface area (TPSA) is 21.3 Å². The first-order chi connectivity index (χ1) is 7.59. The molecule has 0 saturated heterocycles. The molecule has 0 bridgehead atoms. The van der Waals surface area contributed by atoms with Gasteiger partial charge in [-0.1, -0.05) is 26.0 Å². The second kappa shape index (κ2) is 6.54. The molecule has 1 atom stereocenters. The Labute approximate surface area is 99.0 Å². The van der Waals surface area contributed by atoms with Gasteiger partial charge in [-0.3, -0.25) is 0 Å². The highest BCUT2D eigenvalue weighted by molar-refractivity contribution is 5.45. The Bertz CT molecular complexity index is 309. The van der Waals surface area contributed by atoms with Crippen molar-refractivity contribution < 1.29 is 4.74 Å². The molecule has 2 nitrogen and oxygen atoms in total. The van der Waals surface area contributed by atoms with Gasteiger partial charge in [0.1, 0.15) is 0 Å². The van der Waals surface area contributed by atoms with Crippen molar-refractivity contribution in [3.8, 4) is 0 Å². The van der Waals surface area contributed by atoms with Gasteiger partial charge in [-0.25, -0.2) is 0 Å². The lowest BCUT2D eigenvalue weighted by Crippen LogP contribution is -2.19. The minimum Gasteiger partial charge on any atom is -0.383 e. The van der Waals surface area contributed by atoms with Gasteiger partial charge in [0.05, 0.1) is 12.7 Å². The number of nitrogens with one attached hydrogen (secondary N) is 1. The van der Waals surface area contributed by atoms with Gasteiger partial charge in [0, 0.05) is 12.2 Å². The van der Waals surface area contributed by atoms with Gasteiger partial charge < -0.3 is 10.1 Å². The number of anilines is 1. The average molecular weight is 221 g/mol. The van der Waals surface area contributed by atoms with Crippen LogP contribution in [-0.4, -0.2) is 19.3 Å². The van der Waals surface area contributed by atoms with Gasteiger partial charge in [-0.2, -0.15) is 0 Å². The minimum atomic E-state index is 0.333. The fourth-order valence-corrected chi connectivity index (χ4v) is 1.39. The normalized spacial score (nSPS) is 12.8. The molecule has 1 rings (SSSR count). The monoisotopic (exact) mass is 221 g/mol. The van der Waals surface area contributed by atoms with Crippen LogP contribution in [-0.2, 0) is 4.74 Å². The van der Waals surface area contributed by atoms with E-state index in [0.717, 1.165) is 13.2 Å². The molecule has 0 heterocycles. The van der Waals surface area contributed by atoms with Crippen molar-refractivity contribution in [3.63, 3.8) is 0 Å². The molecule has 90 valence electrons. The third-order valence-corrected chi connectivity index (χ3v) is 2.77. The van der Waals surface area contributed by atoms with Crippen LogP contribution in [0, 0.1) is 12.8 Å². The van der Waals surface area contributed by atoms with E-state index in [1.807, 2.05) is 0 Å². The number of hydrogen-bond acceptors (Lipinski definition) is 2. The molecule has 0 amide bonds. The van der Waals surface area contributed by atoms with Crippen LogP contribution >= 0.6 is 0 Å². The zero-order valence-electron chi connectivity index (χ0n) is 10.8. The molecule has 1 aromatic rings. The highest BCUT2D eigenvalue weighted by Crippen LogP contribution is 2.09. The van der Waals surface area contributed by atoms with Crippen LogP contribution in [0.2, 0.25) is 0 Å². The van der Waals surface area contributed by atoms with Gasteiger partial charge in [0.25, 0.3) is 0 Å². The first-order valence-electron chi connectivity index (χ1n) is 6.01.